The van der Waals surface area contributed by atoms with Gasteiger partial charge in [0.05, 0.1) is 0 Å². The zero-order valence-corrected chi connectivity index (χ0v) is 12.8. The topological polar surface area (TPSA) is 29.1 Å². The van der Waals surface area contributed by atoms with Gasteiger partial charge >= 0.3 is 0 Å². The van der Waals surface area contributed by atoms with Crippen LogP contribution >= 0.6 is 11.6 Å². The van der Waals surface area contributed by atoms with Gasteiger partial charge in [0.1, 0.15) is 0 Å². The molecule has 1 aromatic rings. The van der Waals surface area contributed by atoms with Crippen LogP contribution in [0.1, 0.15) is 50.5 Å². The van der Waals surface area contributed by atoms with Crippen molar-refractivity contribution in [1.29, 1.82) is 0 Å². The van der Waals surface area contributed by atoms with Crippen molar-refractivity contribution in [3.63, 3.8) is 0 Å². The molecule has 1 N–H and O–H groups in total. The van der Waals surface area contributed by atoms with E-state index in [1.165, 1.54) is 37.7 Å². The summed E-state index contributed by atoms with van der Waals surface area (Å²) in [5, 5.41) is 3.85. The molecule has 3 heteroatoms. The zero-order chi connectivity index (χ0) is 14.2. The molecule has 0 spiro atoms. The van der Waals surface area contributed by atoms with E-state index in [2.05, 4.69) is 5.32 Å². The van der Waals surface area contributed by atoms with Gasteiger partial charge in [-0.2, -0.15) is 0 Å². The lowest BCUT2D eigenvalue weighted by molar-refractivity contribution is -0.121. The summed E-state index contributed by atoms with van der Waals surface area (Å²) in [7, 11) is 0. The molecule has 2 nitrogen and oxygen atoms in total. The first-order valence-electron chi connectivity index (χ1n) is 7.75. The van der Waals surface area contributed by atoms with Crippen molar-refractivity contribution in [3.8, 4) is 0 Å². The molecule has 20 heavy (non-hydrogen) atoms. The number of benzene rings is 1. The number of hydrogen-bond acceptors (Lipinski definition) is 1. The van der Waals surface area contributed by atoms with Gasteiger partial charge in [-0.15, -0.1) is 0 Å². The highest BCUT2D eigenvalue weighted by Crippen LogP contribution is 2.22. The minimum atomic E-state index is 0.199. The second-order valence-corrected chi connectivity index (χ2v) is 6.22. The number of amides is 1. The fraction of sp³-hybridized carbons (Fsp3) is 0.588. The summed E-state index contributed by atoms with van der Waals surface area (Å²) < 4.78 is 0. The molecule has 1 amide bonds. The van der Waals surface area contributed by atoms with Crippen LogP contribution in [0.25, 0.3) is 0 Å². The number of halogens is 1. The van der Waals surface area contributed by atoms with Crippen molar-refractivity contribution in [2.45, 2.75) is 51.4 Å². The van der Waals surface area contributed by atoms with Crippen LogP contribution in [-0.2, 0) is 11.2 Å². The lowest BCUT2D eigenvalue weighted by Crippen LogP contribution is -2.30. The Hall–Kier alpha value is -1.02. The smallest absolute Gasteiger partial charge is 0.220 e. The molecule has 1 aliphatic carbocycles. The standard InChI is InChI=1S/C17H24ClNO/c18-16-11-9-14(10-12-16)7-4-8-17(20)19-13-15-5-2-1-3-6-15/h9-12,15H,1-8,13H2,(H,19,20). The minimum absolute atomic E-state index is 0.199. The van der Waals surface area contributed by atoms with Crippen LogP contribution in [0.5, 0.6) is 0 Å². The summed E-state index contributed by atoms with van der Waals surface area (Å²) in [5.74, 6) is 0.911. The Morgan fingerprint density at radius 2 is 1.85 bits per heavy atom. The molecule has 0 atom stereocenters. The maximum Gasteiger partial charge on any atom is 0.220 e. The summed E-state index contributed by atoms with van der Waals surface area (Å²) >= 11 is 5.85. The van der Waals surface area contributed by atoms with Crippen LogP contribution in [-0.4, -0.2) is 12.5 Å². The second kappa shape index (κ2) is 8.31. The van der Waals surface area contributed by atoms with Crippen molar-refractivity contribution in [3.05, 3.63) is 34.9 Å². The van der Waals surface area contributed by atoms with E-state index in [1.54, 1.807) is 0 Å². The largest absolute Gasteiger partial charge is 0.356 e. The Kier molecular flexibility index (Phi) is 6.38. The van der Waals surface area contributed by atoms with Crippen molar-refractivity contribution in [1.82, 2.24) is 5.32 Å². The molecule has 0 heterocycles. The van der Waals surface area contributed by atoms with Crippen molar-refractivity contribution in [2.24, 2.45) is 5.92 Å². The number of rotatable bonds is 6. The second-order valence-electron chi connectivity index (χ2n) is 5.79. The van der Waals surface area contributed by atoms with Gasteiger partial charge < -0.3 is 5.32 Å². The van der Waals surface area contributed by atoms with Crippen molar-refractivity contribution < 1.29 is 4.79 Å². The zero-order valence-electron chi connectivity index (χ0n) is 12.0. The summed E-state index contributed by atoms with van der Waals surface area (Å²) in [6.45, 7) is 0.875. The monoisotopic (exact) mass is 293 g/mol. The molecule has 0 unspecified atom stereocenters. The molecule has 1 aliphatic rings. The van der Waals surface area contributed by atoms with E-state index in [0.29, 0.717) is 12.3 Å². The number of aryl methyl sites for hydroxylation is 1. The van der Waals surface area contributed by atoms with Gasteiger partial charge in [0.2, 0.25) is 5.91 Å². The van der Waals surface area contributed by atoms with Gasteiger partial charge in [0.15, 0.2) is 0 Å². The summed E-state index contributed by atoms with van der Waals surface area (Å²) in [5.41, 5.74) is 1.24. The van der Waals surface area contributed by atoms with E-state index >= 15 is 0 Å². The summed E-state index contributed by atoms with van der Waals surface area (Å²) in [6.07, 6.45) is 9.05. The highest BCUT2D eigenvalue weighted by atomic mass is 35.5. The van der Waals surface area contributed by atoms with Gasteiger partial charge in [-0.1, -0.05) is 43.0 Å². The maximum absolute atomic E-state index is 11.8. The predicted octanol–water partition coefficient (Wildman–Crippen LogP) is 4.36. The van der Waals surface area contributed by atoms with E-state index in [4.69, 9.17) is 11.6 Å². The highest BCUT2D eigenvalue weighted by Gasteiger charge is 2.13. The quantitative estimate of drug-likeness (QED) is 0.829. The Balaban J connectivity index is 1.58. The molecule has 0 aliphatic heterocycles. The maximum atomic E-state index is 11.8. The van der Waals surface area contributed by atoms with Crippen molar-refractivity contribution >= 4 is 17.5 Å². The lowest BCUT2D eigenvalue weighted by atomic mass is 9.89. The molecule has 1 saturated carbocycles. The summed E-state index contributed by atoms with van der Waals surface area (Å²) in [6, 6.07) is 7.87. The van der Waals surface area contributed by atoms with Crippen LogP contribution < -0.4 is 5.32 Å². The van der Waals surface area contributed by atoms with Gasteiger partial charge in [-0.25, -0.2) is 0 Å². The molecule has 0 saturated heterocycles. The van der Waals surface area contributed by atoms with Gasteiger partial charge in [0, 0.05) is 18.0 Å². The molecular formula is C17H24ClNO. The molecule has 110 valence electrons. The number of carbonyl (C=O) groups excluding carboxylic acids is 1. The average Bonchev–Trinajstić information content (AvgIpc) is 2.48. The molecule has 1 fully saturated rings. The fourth-order valence-corrected chi connectivity index (χ4v) is 2.97. The van der Waals surface area contributed by atoms with E-state index in [0.717, 1.165) is 24.4 Å². The first-order chi connectivity index (χ1) is 9.74. The number of hydrogen-bond donors (Lipinski definition) is 1. The highest BCUT2D eigenvalue weighted by molar-refractivity contribution is 6.30. The Morgan fingerprint density at radius 1 is 1.15 bits per heavy atom. The third-order valence-electron chi connectivity index (χ3n) is 4.10. The van der Waals surface area contributed by atoms with Crippen molar-refractivity contribution in [2.75, 3.05) is 6.54 Å². The fourth-order valence-electron chi connectivity index (χ4n) is 2.84. The van der Waals surface area contributed by atoms with Crippen LogP contribution in [0.4, 0.5) is 0 Å². The molecule has 0 radical (unpaired) electrons. The Morgan fingerprint density at radius 3 is 2.55 bits per heavy atom. The third kappa shape index (κ3) is 5.54. The van der Waals surface area contributed by atoms with Gasteiger partial charge in [-0.05, 0) is 49.3 Å². The van der Waals surface area contributed by atoms with Gasteiger partial charge in [-0.3, -0.25) is 4.79 Å². The molecule has 0 aromatic heterocycles. The molecule has 2 rings (SSSR count). The van der Waals surface area contributed by atoms with E-state index in [9.17, 15) is 4.79 Å². The third-order valence-corrected chi connectivity index (χ3v) is 4.35. The van der Waals surface area contributed by atoms with Crippen LogP contribution in [0.2, 0.25) is 5.02 Å². The normalized spacial score (nSPS) is 16.1. The first kappa shape index (κ1) is 15.4. The minimum Gasteiger partial charge on any atom is -0.356 e. The van der Waals surface area contributed by atoms with E-state index < -0.39 is 0 Å². The van der Waals surface area contributed by atoms with Gasteiger partial charge in [0.25, 0.3) is 0 Å². The van der Waals surface area contributed by atoms with Crippen LogP contribution in [0, 0.1) is 5.92 Å². The molecular weight excluding hydrogens is 270 g/mol. The molecule has 1 aromatic carbocycles. The Bertz CT molecular complexity index is 410. The SMILES string of the molecule is O=C(CCCc1ccc(Cl)cc1)NCC1CCCCC1. The van der Waals surface area contributed by atoms with E-state index in [-0.39, 0.29) is 5.91 Å². The first-order valence-corrected chi connectivity index (χ1v) is 8.13. The van der Waals surface area contributed by atoms with E-state index in [1.807, 2.05) is 24.3 Å². The lowest BCUT2D eigenvalue weighted by Gasteiger charge is -2.21. The summed E-state index contributed by atoms with van der Waals surface area (Å²) in [4.78, 5) is 11.8. The van der Waals surface area contributed by atoms with Crippen LogP contribution in [0.3, 0.4) is 0 Å². The number of nitrogens with one attached hydrogen (secondary N) is 1. The Labute approximate surface area is 126 Å². The average molecular weight is 294 g/mol. The van der Waals surface area contributed by atoms with Crippen LogP contribution in [0.15, 0.2) is 24.3 Å². The number of carbonyl (C=O) groups is 1. The molecule has 0 bridgehead atoms. The predicted molar refractivity (Wildman–Crippen MR) is 84.0 cm³/mol.